The molecule has 0 aliphatic carbocycles. The van der Waals surface area contributed by atoms with Crippen molar-refractivity contribution >= 4 is 11.9 Å². The number of hydrogen-bond acceptors (Lipinski definition) is 3. The van der Waals surface area contributed by atoms with Crippen molar-refractivity contribution in [2.24, 2.45) is 0 Å². The van der Waals surface area contributed by atoms with Crippen LogP contribution >= 0.6 is 0 Å². The highest BCUT2D eigenvalue weighted by Crippen LogP contribution is 2.14. The Labute approximate surface area is 103 Å². The Morgan fingerprint density at radius 2 is 1.94 bits per heavy atom. The van der Waals surface area contributed by atoms with E-state index in [2.05, 4.69) is 4.74 Å². The lowest BCUT2D eigenvalue weighted by atomic mass is 10.2. The third-order valence-electron chi connectivity index (χ3n) is 2.15. The number of alkyl halides is 3. The van der Waals surface area contributed by atoms with E-state index >= 15 is 0 Å². The zero-order valence-electron chi connectivity index (χ0n) is 10.2. The highest BCUT2D eigenvalue weighted by molar-refractivity contribution is 5.78. The molecule has 1 atom stereocenters. The first kappa shape index (κ1) is 16.7. The number of carboxylic acids is 1. The molecule has 0 heterocycles. The van der Waals surface area contributed by atoms with Crippen molar-refractivity contribution in [2.75, 3.05) is 19.8 Å². The van der Waals surface area contributed by atoms with Gasteiger partial charge in [-0.1, -0.05) is 0 Å². The standard InChI is InChI=1S/C10H16F3NO4/c1-3-14(7(2)4-9(16)17)8(15)5-18-6-10(11,12)13/h7H,3-6H2,1-2H3,(H,16,17). The molecule has 0 fully saturated rings. The number of carbonyl (C=O) groups is 2. The normalized spacial score (nSPS) is 13.2. The summed E-state index contributed by atoms with van der Waals surface area (Å²) in [6, 6.07) is -0.588. The second kappa shape index (κ2) is 7.20. The lowest BCUT2D eigenvalue weighted by Gasteiger charge is -2.27. The molecule has 1 amide bonds. The summed E-state index contributed by atoms with van der Waals surface area (Å²) in [6.45, 7) is 1.13. The first-order valence-corrected chi connectivity index (χ1v) is 5.33. The first-order chi connectivity index (χ1) is 8.17. The van der Waals surface area contributed by atoms with Gasteiger partial charge in [0.25, 0.3) is 0 Å². The van der Waals surface area contributed by atoms with Crippen molar-refractivity contribution in [1.29, 1.82) is 0 Å². The zero-order chi connectivity index (χ0) is 14.3. The second-order valence-corrected chi connectivity index (χ2v) is 3.73. The average Bonchev–Trinajstić information content (AvgIpc) is 2.15. The molecule has 106 valence electrons. The monoisotopic (exact) mass is 271 g/mol. The van der Waals surface area contributed by atoms with Gasteiger partial charge >= 0.3 is 12.1 Å². The Morgan fingerprint density at radius 1 is 1.39 bits per heavy atom. The smallest absolute Gasteiger partial charge is 0.411 e. The topological polar surface area (TPSA) is 66.8 Å². The van der Waals surface area contributed by atoms with Crippen molar-refractivity contribution in [3.8, 4) is 0 Å². The maximum absolute atomic E-state index is 11.8. The molecule has 0 spiro atoms. The van der Waals surface area contributed by atoms with E-state index in [1.165, 1.54) is 11.8 Å². The number of carboxylic acid groups (broad SMARTS) is 1. The number of amides is 1. The van der Waals surface area contributed by atoms with Crippen LogP contribution in [0, 0.1) is 0 Å². The van der Waals surface area contributed by atoms with Crippen LogP contribution in [-0.4, -0.2) is 53.9 Å². The fraction of sp³-hybridized carbons (Fsp3) is 0.800. The van der Waals surface area contributed by atoms with Gasteiger partial charge in [0.2, 0.25) is 5.91 Å². The molecule has 0 saturated heterocycles. The Bertz CT molecular complexity index is 293. The molecule has 8 heteroatoms. The molecule has 18 heavy (non-hydrogen) atoms. The van der Waals surface area contributed by atoms with Crippen molar-refractivity contribution < 1.29 is 32.6 Å². The van der Waals surface area contributed by atoms with Gasteiger partial charge in [-0.15, -0.1) is 0 Å². The van der Waals surface area contributed by atoms with Gasteiger partial charge in [0, 0.05) is 12.6 Å². The number of halogens is 3. The van der Waals surface area contributed by atoms with Crippen molar-refractivity contribution in [3.05, 3.63) is 0 Å². The average molecular weight is 271 g/mol. The third-order valence-corrected chi connectivity index (χ3v) is 2.15. The molecule has 0 aliphatic heterocycles. The maximum Gasteiger partial charge on any atom is 0.411 e. The van der Waals surface area contributed by atoms with Gasteiger partial charge in [0.1, 0.15) is 13.2 Å². The largest absolute Gasteiger partial charge is 0.481 e. The van der Waals surface area contributed by atoms with Gasteiger partial charge < -0.3 is 14.7 Å². The van der Waals surface area contributed by atoms with Crippen molar-refractivity contribution in [2.45, 2.75) is 32.5 Å². The van der Waals surface area contributed by atoms with Crippen molar-refractivity contribution in [1.82, 2.24) is 4.90 Å². The molecule has 1 N–H and O–H groups in total. The zero-order valence-corrected chi connectivity index (χ0v) is 10.2. The number of likely N-dealkylation sites (N-methyl/N-ethyl adjacent to an activating group) is 1. The molecular formula is C10H16F3NO4. The highest BCUT2D eigenvalue weighted by Gasteiger charge is 2.28. The number of nitrogens with zero attached hydrogens (tertiary/aromatic N) is 1. The number of aliphatic carboxylic acids is 1. The van der Waals surface area contributed by atoms with Gasteiger partial charge in [-0.2, -0.15) is 13.2 Å². The lowest BCUT2D eigenvalue weighted by molar-refractivity contribution is -0.178. The van der Waals surface area contributed by atoms with E-state index in [9.17, 15) is 22.8 Å². The SMILES string of the molecule is CCN(C(=O)COCC(F)(F)F)C(C)CC(=O)O. The molecule has 0 aromatic carbocycles. The number of rotatable bonds is 7. The van der Waals surface area contributed by atoms with Crippen LogP contribution in [0.3, 0.4) is 0 Å². The van der Waals surface area contributed by atoms with Gasteiger partial charge in [0.15, 0.2) is 0 Å². The fourth-order valence-corrected chi connectivity index (χ4v) is 1.43. The number of ether oxygens (including phenoxy) is 1. The molecule has 1 unspecified atom stereocenters. The van der Waals surface area contributed by atoms with E-state index in [0.29, 0.717) is 0 Å². The van der Waals surface area contributed by atoms with Crippen LogP contribution in [0.2, 0.25) is 0 Å². The Kier molecular flexibility index (Phi) is 6.67. The fourth-order valence-electron chi connectivity index (χ4n) is 1.43. The summed E-state index contributed by atoms with van der Waals surface area (Å²) in [7, 11) is 0. The van der Waals surface area contributed by atoms with E-state index < -0.39 is 37.3 Å². The summed E-state index contributed by atoms with van der Waals surface area (Å²) < 4.78 is 39.6. The summed E-state index contributed by atoms with van der Waals surface area (Å²) in [4.78, 5) is 23.2. The summed E-state index contributed by atoms with van der Waals surface area (Å²) in [5.41, 5.74) is 0. The first-order valence-electron chi connectivity index (χ1n) is 5.33. The Hall–Kier alpha value is -1.31. The van der Waals surface area contributed by atoms with E-state index in [-0.39, 0.29) is 13.0 Å². The molecule has 0 aliphatic rings. The highest BCUT2D eigenvalue weighted by atomic mass is 19.4. The van der Waals surface area contributed by atoms with Crippen LogP contribution in [0.1, 0.15) is 20.3 Å². The van der Waals surface area contributed by atoms with Crippen LogP contribution in [0.5, 0.6) is 0 Å². The molecule has 0 bridgehead atoms. The maximum atomic E-state index is 11.8. The minimum Gasteiger partial charge on any atom is -0.481 e. The molecule has 5 nitrogen and oxygen atoms in total. The van der Waals surface area contributed by atoms with E-state index in [1.807, 2.05) is 0 Å². The summed E-state index contributed by atoms with van der Waals surface area (Å²) in [6.07, 6.45) is -4.75. The number of carbonyl (C=O) groups excluding carboxylic acids is 1. The minimum atomic E-state index is -4.48. The molecule has 0 rings (SSSR count). The molecule has 0 aromatic heterocycles. The molecular weight excluding hydrogens is 255 g/mol. The van der Waals surface area contributed by atoms with Gasteiger partial charge in [-0.05, 0) is 13.8 Å². The van der Waals surface area contributed by atoms with Crippen LogP contribution < -0.4 is 0 Å². The summed E-state index contributed by atoms with van der Waals surface area (Å²) >= 11 is 0. The van der Waals surface area contributed by atoms with Crippen LogP contribution in [-0.2, 0) is 14.3 Å². The van der Waals surface area contributed by atoms with E-state index in [4.69, 9.17) is 5.11 Å². The summed E-state index contributed by atoms with van der Waals surface area (Å²) in [5, 5.41) is 8.57. The second-order valence-electron chi connectivity index (χ2n) is 3.73. The van der Waals surface area contributed by atoms with Gasteiger partial charge in [0.05, 0.1) is 6.42 Å². The predicted octanol–water partition coefficient (Wildman–Crippen LogP) is 1.28. The lowest BCUT2D eigenvalue weighted by Crippen LogP contribution is -2.42. The van der Waals surface area contributed by atoms with Crippen molar-refractivity contribution in [3.63, 3.8) is 0 Å². The molecule has 0 radical (unpaired) electrons. The van der Waals surface area contributed by atoms with E-state index in [1.54, 1.807) is 6.92 Å². The third kappa shape index (κ3) is 7.10. The van der Waals surface area contributed by atoms with Gasteiger partial charge in [-0.25, -0.2) is 0 Å². The molecule has 0 aromatic rings. The predicted molar refractivity (Wildman–Crippen MR) is 56.0 cm³/mol. The molecule has 0 saturated carbocycles. The van der Waals surface area contributed by atoms with Crippen LogP contribution in [0.25, 0.3) is 0 Å². The van der Waals surface area contributed by atoms with E-state index in [0.717, 1.165) is 0 Å². The summed E-state index contributed by atoms with van der Waals surface area (Å²) in [5.74, 6) is -1.74. The van der Waals surface area contributed by atoms with Gasteiger partial charge in [-0.3, -0.25) is 9.59 Å². The minimum absolute atomic E-state index is 0.211. The number of hydrogen-bond donors (Lipinski definition) is 1. The van der Waals surface area contributed by atoms with Crippen LogP contribution in [0.4, 0.5) is 13.2 Å². The Morgan fingerprint density at radius 3 is 2.33 bits per heavy atom. The quantitative estimate of drug-likeness (QED) is 0.757. The Balaban J connectivity index is 4.23. The van der Waals surface area contributed by atoms with Crippen LogP contribution in [0.15, 0.2) is 0 Å².